The molecule has 3 atom stereocenters. The minimum absolute atomic E-state index is 0.0943. The molecule has 0 saturated heterocycles. The van der Waals surface area contributed by atoms with Crippen molar-refractivity contribution in [3.05, 3.63) is 71.0 Å². The summed E-state index contributed by atoms with van der Waals surface area (Å²) in [6, 6.07) is 12.7. The van der Waals surface area contributed by atoms with Gasteiger partial charge in [-0.1, -0.05) is 39.0 Å². The van der Waals surface area contributed by atoms with Crippen LogP contribution in [0.2, 0.25) is 0 Å². The monoisotopic (exact) mass is 488 g/mol. The highest BCUT2D eigenvalue weighted by Crippen LogP contribution is 2.60. The predicted octanol–water partition coefficient (Wildman–Crippen LogP) is 6.08. The fourth-order valence-electron chi connectivity index (χ4n) is 6.11. The smallest absolute Gasteiger partial charge is 0.307 e. The number of aryl methyl sites for hydroxylation is 2. The molecule has 1 aromatic heterocycles. The van der Waals surface area contributed by atoms with E-state index < -0.39 is 5.97 Å². The molecular weight excluding hydrogens is 452 g/mol. The summed E-state index contributed by atoms with van der Waals surface area (Å²) in [6.07, 6.45) is 7.56. The number of hydrogen-bond donors (Lipinski definition) is 1. The van der Waals surface area contributed by atoms with Crippen LogP contribution in [-0.2, 0) is 35.0 Å². The maximum Gasteiger partial charge on any atom is 0.307 e. The number of carboxylic acids is 1. The van der Waals surface area contributed by atoms with Crippen molar-refractivity contribution in [2.24, 2.45) is 18.4 Å². The molecule has 190 valence electrons. The fourth-order valence-corrected chi connectivity index (χ4v) is 6.11. The highest BCUT2D eigenvalue weighted by atomic mass is 16.5. The second-order valence-corrected chi connectivity index (χ2v) is 11.5. The third-order valence-electron chi connectivity index (χ3n) is 7.90. The van der Waals surface area contributed by atoms with E-state index in [9.17, 15) is 9.90 Å². The van der Waals surface area contributed by atoms with Crippen molar-refractivity contribution in [2.75, 3.05) is 7.11 Å². The lowest BCUT2D eigenvalue weighted by molar-refractivity contribution is -0.139. The second-order valence-electron chi connectivity index (χ2n) is 11.5. The topological polar surface area (TPSA) is 73.6 Å². The molecule has 36 heavy (non-hydrogen) atoms. The molecule has 0 amide bonds. The molecule has 2 aliphatic rings. The van der Waals surface area contributed by atoms with Gasteiger partial charge in [0, 0.05) is 31.3 Å². The van der Waals surface area contributed by atoms with Crippen molar-refractivity contribution in [3.63, 3.8) is 0 Å². The summed E-state index contributed by atoms with van der Waals surface area (Å²) in [5.74, 6) is -0.150. The molecule has 1 spiro atoms. The normalized spacial score (nSPS) is 21.8. The second kappa shape index (κ2) is 9.07. The first-order chi connectivity index (χ1) is 17.1. The van der Waals surface area contributed by atoms with E-state index in [0.29, 0.717) is 6.61 Å². The molecule has 1 heterocycles. The Bertz CT molecular complexity index is 1290. The first-order valence-electron chi connectivity index (χ1n) is 12.8. The van der Waals surface area contributed by atoms with Gasteiger partial charge in [0.15, 0.2) is 0 Å². The maximum absolute atomic E-state index is 11.7. The van der Waals surface area contributed by atoms with Crippen LogP contribution in [0, 0.1) is 11.3 Å². The van der Waals surface area contributed by atoms with Crippen molar-refractivity contribution in [3.8, 4) is 16.9 Å². The average molecular weight is 489 g/mol. The Morgan fingerprint density at radius 2 is 2.06 bits per heavy atom. The van der Waals surface area contributed by atoms with E-state index in [4.69, 9.17) is 9.47 Å². The van der Waals surface area contributed by atoms with Gasteiger partial charge in [-0.3, -0.25) is 9.48 Å². The van der Waals surface area contributed by atoms with Gasteiger partial charge in [-0.2, -0.15) is 5.10 Å². The van der Waals surface area contributed by atoms with Crippen LogP contribution in [0.4, 0.5) is 0 Å². The number of benzene rings is 2. The molecule has 6 nitrogen and oxygen atoms in total. The third-order valence-corrected chi connectivity index (χ3v) is 7.90. The summed E-state index contributed by atoms with van der Waals surface area (Å²) >= 11 is 0. The molecule has 5 rings (SSSR count). The highest BCUT2D eigenvalue weighted by Gasteiger charge is 2.60. The largest absolute Gasteiger partial charge is 0.489 e. The Morgan fingerprint density at radius 1 is 1.25 bits per heavy atom. The van der Waals surface area contributed by atoms with Crippen LogP contribution in [0.25, 0.3) is 11.1 Å². The lowest BCUT2D eigenvalue weighted by Crippen LogP contribution is -2.21. The number of hydrogen-bond acceptors (Lipinski definition) is 4. The molecule has 0 unspecified atom stereocenters. The van der Waals surface area contributed by atoms with E-state index in [1.165, 1.54) is 11.1 Å². The Morgan fingerprint density at radius 3 is 2.69 bits per heavy atom. The molecule has 1 fully saturated rings. The van der Waals surface area contributed by atoms with Crippen molar-refractivity contribution < 1.29 is 19.4 Å². The molecule has 2 aromatic carbocycles. The van der Waals surface area contributed by atoms with Crippen molar-refractivity contribution >= 4 is 5.97 Å². The number of nitrogens with zero attached hydrogens (tertiary/aromatic N) is 2. The molecule has 0 aliphatic heterocycles. The lowest BCUT2D eigenvalue weighted by atomic mass is 9.78. The van der Waals surface area contributed by atoms with Gasteiger partial charge in [0.05, 0.1) is 18.2 Å². The summed E-state index contributed by atoms with van der Waals surface area (Å²) in [4.78, 5) is 11.7. The van der Waals surface area contributed by atoms with Crippen LogP contribution in [0.5, 0.6) is 5.75 Å². The number of carboxylic acid groups (broad SMARTS) is 1. The van der Waals surface area contributed by atoms with Gasteiger partial charge < -0.3 is 14.6 Å². The molecule has 1 N–H and O–H groups in total. The van der Waals surface area contributed by atoms with Crippen LogP contribution in [0.1, 0.15) is 68.4 Å². The van der Waals surface area contributed by atoms with E-state index in [1.807, 2.05) is 30.2 Å². The first kappa shape index (κ1) is 24.6. The zero-order valence-corrected chi connectivity index (χ0v) is 21.9. The fraction of sp³-hybridized carbons (Fsp3) is 0.467. The van der Waals surface area contributed by atoms with E-state index in [-0.39, 0.29) is 22.9 Å². The number of carbonyl (C=O) groups is 1. The average Bonchev–Trinajstić information content (AvgIpc) is 3.39. The van der Waals surface area contributed by atoms with Gasteiger partial charge >= 0.3 is 5.97 Å². The van der Waals surface area contributed by atoms with Crippen LogP contribution < -0.4 is 4.74 Å². The zero-order valence-electron chi connectivity index (χ0n) is 21.9. The van der Waals surface area contributed by atoms with Crippen molar-refractivity contribution in [1.82, 2.24) is 9.78 Å². The highest BCUT2D eigenvalue weighted by molar-refractivity contribution is 5.78. The van der Waals surface area contributed by atoms with Gasteiger partial charge in [0.1, 0.15) is 12.4 Å². The van der Waals surface area contributed by atoms with Gasteiger partial charge in [-0.05, 0) is 77.1 Å². The quantitative estimate of drug-likeness (QED) is 0.436. The first-order valence-corrected chi connectivity index (χ1v) is 12.8. The minimum Gasteiger partial charge on any atom is -0.489 e. The molecule has 6 heteroatoms. The third kappa shape index (κ3) is 4.43. The number of fused-ring (bicyclic) bond motifs is 2. The summed E-state index contributed by atoms with van der Waals surface area (Å²) in [5, 5.41) is 14.0. The number of methoxy groups -OCH3 is 1. The predicted molar refractivity (Wildman–Crippen MR) is 139 cm³/mol. The van der Waals surface area contributed by atoms with E-state index >= 15 is 0 Å². The summed E-state index contributed by atoms with van der Waals surface area (Å²) < 4.78 is 14.1. The SMILES string of the molecule is CO[C@@H](c1cc(COc2ccc3c(c2)[C@]2(CCC3)C[C@H]2C(=O)O)ccc1-c1cnn(C)c1)C(C)(C)C. The van der Waals surface area contributed by atoms with E-state index in [2.05, 4.69) is 56.2 Å². The molecule has 0 radical (unpaired) electrons. The van der Waals surface area contributed by atoms with E-state index in [1.54, 1.807) is 7.11 Å². The molecule has 1 saturated carbocycles. The van der Waals surface area contributed by atoms with Gasteiger partial charge in [-0.15, -0.1) is 0 Å². The summed E-state index contributed by atoms with van der Waals surface area (Å²) in [7, 11) is 3.68. The van der Waals surface area contributed by atoms with Crippen LogP contribution in [0.3, 0.4) is 0 Å². The Balaban J connectivity index is 1.42. The molecule has 2 aliphatic carbocycles. The Kier molecular flexibility index (Phi) is 6.19. The van der Waals surface area contributed by atoms with Gasteiger partial charge in [-0.25, -0.2) is 0 Å². The van der Waals surface area contributed by atoms with E-state index in [0.717, 1.165) is 53.7 Å². The van der Waals surface area contributed by atoms with Gasteiger partial charge in [0.2, 0.25) is 0 Å². The minimum atomic E-state index is -0.679. The van der Waals surface area contributed by atoms with Gasteiger partial charge in [0.25, 0.3) is 0 Å². The number of rotatable bonds is 7. The summed E-state index contributed by atoms with van der Waals surface area (Å²) in [5.41, 5.74) is 6.50. The standard InChI is InChI=1S/C30H36N2O4/c1-29(2,3)27(35-5)24-13-19(8-11-23(24)21-16-31-32(4)17-21)18-36-22-10-9-20-7-6-12-30(25(20)14-22)15-26(30)28(33)34/h8-11,13-14,16-17,26-27H,6-7,12,15,18H2,1-5H3,(H,33,34)/t26-,27-,30-/m0/s1. The van der Waals surface area contributed by atoms with Crippen molar-refractivity contribution in [2.45, 2.75) is 64.6 Å². The molecule has 0 bridgehead atoms. The van der Waals surface area contributed by atoms with Crippen LogP contribution >= 0.6 is 0 Å². The Labute approximate surface area is 213 Å². The zero-order chi connectivity index (χ0) is 25.7. The molecule has 3 aromatic rings. The summed E-state index contributed by atoms with van der Waals surface area (Å²) in [6.45, 7) is 6.97. The lowest BCUT2D eigenvalue weighted by Gasteiger charge is -2.31. The number of ether oxygens (including phenoxy) is 2. The van der Waals surface area contributed by atoms with Crippen molar-refractivity contribution in [1.29, 1.82) is 0 Å². The Hall–Kier alpha value is -3.12. The maximum atomic E-state index is 11.7. The molecular formula is C30H36N2O4. The van der Waals surface area contributed by atoms with Crippen LogP contribution in [0.15, 0.2) is 48.8 Å². The van der Waals surface area contributed by atoms with Crippen LogP contribution in [-0.4, -0.2) is 28.0 Å². The number of aromatic nitrogens is 2. The number of aliphatic carboxylic acids is 1.